The molecule has 0 unspecified atom stereocenters. The van der Waals surface area contributed by atoms with E-state index in [1.54, 1.807) is 6.07 Å². The summed E-state index contributed by atoms with van der Waals surface area (Å²) in [6.45, 7) is 0. The third-order valence-corrected chi connectivity index (χ3v) is 2.47. The molecule has 0 spiro atoms. The average molecular weight is 276 g/mol. The number of amides is 1. The lowest BCUT2D eigenvalue weighted by molar-refractivity contribution is -0.114. The van der Waals surface area contributed by atoms with Gasteiger partial charge in [0.25, 0.3) is 0 Å². The Kier molecular flexibility index (Phi) is 3.96. The number of carbonyl (C=O) groups excluding carboxylic acids is 1. The van der Waals surface area contributed by atoms with Gasteiger partial charge in [-0.1, -0.05) is 6.07 Å². The Hall–Kier alpha value is -1.23. The molecule has 0 aliphatic heterocycles. The molecule has 0 bridgehead atoms. The van der Waals surface area contributed by atoms with E-state index in [2.05, 4.69) is 15.9 Å². The number of nitrogens with two attached hydrogens (primary N) is 1. The standard InChI is InChI=1S/C10H8BrF2NO/c11-8-2-1-6(4-9(8)13)3-7(5-12)10(14)15/h1-2,4-5H,3H2,(H2,14,15). The maximum Gasteiger partial charge on any atom is 0.247 e. The summed E-state index contributed by atoms with van der Waals surface area (Å²) in [5, 5.41) is 0. The molecule has 15 heavy (non-hydrogen) atoms. The molecule has 5 heteroatoms. The minimum atomic E-state index is -0.846. The van der Waals surface area contributed by atoms with E-state index in [9.17, 15) is 13.6 Å². The summed E-state index contributed by atoms with van der Waals surface area (Å²) in [6.07, 6.45) is 0.123. The topological polar surface area (TPSA) is 43.1 Å². The molecule has 0 saturated heterocycles. The number of carbonyl (C=O) groups is 1. The van der Waals surface area contributed by atoms with Crippen LogP contribution in [0.1, 0.15) is 5.56 Å². The van der Waals surface area contributed by atoms with Gasteiger partial charge in [-0.05, 0) is 33.6 Å². The molecule has 1 aromatic carbocycles. The van der Waals surface area contributed by atoms with Gasteiger partial charge in [-0.15, -0.1) is 0 Å². The Morgan fingerprint density at radius 1 is 1.53 bits per heavy atom. The van der Waals surface area contributed by atoms with E-state index in [1.807, 2.05) is 0 Å². The van der Waals surface area contributed by atoms with Gasteiger partial charge in [0.05, 0.1) is 10.8 Å². The lowest BCUT2D eigenvalue weighted by Gasteiger charge is -2.03. The zero-order valence-corrected chi connectivity index (χ0v) is 9.22. The van der Waals surface area contributed by atoms with Gasteiger partial charge in [0.1, 0.15) is 5.82 Å². The first-order valence-corrected chi connectivity index (χ1v) is 4.87. The quantitative estimate of drug-likeness (QED) is 0.847. The molecule has 80 valence electrons. The lowest BCUT2D eigenvalue weighted by Crippen LogP contribution is -2.15. The van der Waals surface area contributed by atoms with Crippen LogP contribution in [-0.2, 0) is 11.2 Å². The molecule has 0 saturated carbocycles. The van der Waals surface area contributed by atoms with Gasteiger partial charge in [0, 0.05) is 12.0 Å². The lowest BCUT2D eigenvalue weighted by atomic mass is 10.1. The predicted molar refractivity (Wildman–Crippen MR) is 56.2 cm³/mol. The van der Waals surface area contributed by atoms with E-state index in [0.29, 0.717) is 10.0 Å². The largest absolute Gasteiger partial charge is 0.366 e. The van der Waals surface area contributed by atoms with Crippen LogP contribution in [0.15, 0.2) is 34.6 Å². The van der Waals surface area contributed by atoms with Gasteiger partial charge in [0.15, 0.2) is 0 Å². The summed E-state index contributed by atoms with van der Waals surface area (Å²) < 4.78 is 25.6. The van der Waals surface area contributed by atoms with E-state index in [1.165, 1.54) is 12.1 Å². The van der Waals surface area contributed by atoms with Crippen LogP contribution in [0, 0.1) is 5.82 Å². The monoisotopic (exact) mass is 275 g/mol. The molecular formula is C10H8BrF2NO. The second kappa shape index (κ2) is 5.02. The molecule has 1 rings (SSSR count). The molecule has 0 aliphatic rings. The van der Waals surface area contributed by atoms with Gasteiger partial charge in [-0.25, -0.2) is 8.78 Å². The zero-order valence-electron chi connectivity index (χ0n) is 7.64. The van der Waals surface area contributed by atoms with Crippen LogP contribution in [0.4, 0.5) is 8.78 Å². The van der Waals surface area contributed by atoms with Crippen molar-refractivity contribution < 1.29 is 13.6 Å². The summed E-state index contributed by atoms with van der Waals surface area (Å²) in [6, 6.07) is 4.29. The minimum Gasteiger partial charge on any atom is -0.366 e. The fourth-order valence-electron chi connectivity index (χ4n) is 1.05. The number of hydrogen-bond donors (Lipinski definition) is 1. The Bertz CT molecular complexity index is 418. The molecule has 0 aliphatic carbocycles. The Morgan fingerprint density at radius 3 is 2.67 bits per heavy atom. The van der Waals surface area contributed by atoms with Crippen molar-refractivity contribution in [1.29, 1.82) is 0 Å². The highest BCUT2D eigenvalue weighted by Crippen LogP contribution is 2.18. The van der Waals surface area contributed by atoms with Gasteiger partial charge < -0.3 is 5.73 Å². The van der Waals surface area contributed by atoms with Gasteiger partial charge >= 0.3 is 0 Å². The second-order valence-electron chi connectivity index (χ2n) is 2.92. The highest BCUT2D eigenvalue weighted by molar-refractivity contribution is 9.10. The Labute approximate surface area is 93.9 Å². The SMILES string of the molecule is NC(=O)C(=CF)Cc1ccc(Br)c(F)c1. The zero-order chi connectivity index (χ0) is 11.4. The van der Waals surface area contributed by atoms with E-state index >= 15 is 0 Å². The second-order valence-corrected chi connectivity index (χ2v) is 3.78. The molecule has 1 amide bonds. The normalized spacial score (nSPS) is 11.5. The fraction of sp³-hybridized carbons (Fsp3) is 0.100. The number of hydrogen-bond acceptors (Lipinski definition) is 1. The predicted octanol–water partition coefficient (Wildman–Crippen LogP) is 2.47. The third kappa shape index (κ3) is 3.13. The van der Waals surface area contributed by atoms with Crippen LogP contribution in [0.2, 0.25) is 0 Å². The molecule has 2 nitrogen and oxygen atoms in total. The summed E-state index contributed by atoms with van der Waals surface area (Å²) in [4.78, 5) is 10.7. The van der Waals surface area contributed by atoms with Crippen molar-refractivity contribution in [3.63, 3.8) is 0 Å². The molecule has 0 heterocycles. The number of rotatable bonds is 3. The number of benzene rings is 1. The van der Waals surface area contributed by atoms with Crippen molar-refractivity contribution in [3.8, 4) is 0 Å². The summed E-state index contributed by atoms with van der Waals surface area (Å²) in [5.41, 5.74) is 5.21. The maximum atomic E-state index is 13.1. The van der Waals surface area contributed by atoms with Crippen LogP contribution in [0.3, 0.4) is 0 Å². The first-order chi connectivity index (χ1) is 7.04. The highest BCUT2D eigenvalue weighted by Gasteiger charge is 2.08. The molecule has 0 radical (unpaired) electrons. The maximum absolute atomic E-state index is 13.1. The van der Waals surface area contributed by atoms with Crippen molar-refractivity contribution in [3.05, 3.63) is 46.0 Å². The van der Waals surface area contributed by atoms with Crippen LogP contribution in [-0.4, -0.2) is 5.91 Å². The fourth-order valence-corrected chi connectivity index (χ4v) is 1.30. The van der Waals surface area contributed by atoms with Crippen LogP contribution < -0.4 is 5.73 Å². The molecule has 0 fully saturated rings. The Balaban J connectivity index is 2.90. The van der Waals surface area contributed by atoms with E-state index in [0.717, 1.165) is 0 Å². The Morgan fingerprint density at radius 2 is 2.20 bits per heavy atom. The van der Waals surface area contributed by atoms with Crippen molar-refractivity contribution in [2.24, 2.45) is 5.73 Å². The van der Waals surface area contributed by atoms with Crippen LogP contribution in [0.25, 0.3) is 0 Å². The van der Waals surface area contributed by atoms with Crippen molar-refractivity contribution in [1.82, 2.24) is 0 Å². The first-order valence-electron chi connectivity index (χ1n) is 4.07. The average Bonchev–Trinajstić information content (AvgIpc) is 2.19. The van der Waals surface area contributed by atoms with Crippen molar-refractivity contribution in [2.75, 3.05) is 0 Å². The number of primary amides is 1. The van der Waals surface area contributed by atoms with Gasteiger partial charge in [-0.2, -0.15) is 0 Å². The van der Waals surface area contributed by atoms with Gasteiger partial charge in [-0.3, -0.25) is 4.79 Å². The van der Waals surface area contributed by atoms with Crippen molar-refractivity contribution >= 4 is 21.8 Å². The van der Waals surface area contributed by atoms with Crippen LogP contribution >= 0.6 is 15.9 Å². The van der Waals surface area contributed by atoms with Crippen LogP contribution in [0.5, 0.6) is 0 Å². The van der Waals surface area contributed by atoms with E-state index < -0.39 is 11.7 Å². The first kappa shape index (κ1) is 11.8. The van der Waals surface area contributed by atoms with E-state index in [-0.39, 0.29) is 18.3 Å². The highest BCUT2D eigenvalue weighted by atomic mass is 79.9. The molecule has 0 aromatic heterocycles. The molecule has 1 aromatic rings. The summed E-state index contributed by atoms with van der Waals surface area (Å²) in [5.74, 6) is -1.31. The van der Waals surface area contributed by atoms with Crippen molar-refractivity contribution in [2.45, 2.75) is 6.42 Å². The summed E-state index contributed by atoms with van der Waals surface area (Å²) in [7, 11) is 0. The molecule has 0 atom stereocenters. The van der Waals surface area contributed by atoms with Gasteiger partial charge in [0.2, 0.25) is 5.91 Å². The number of halogens is 3. The molecular weight excluding hydrogens is 268 g/mol. The smallest absolute Gasteiger partial charge is 0.247 e. The van der Waals surface area contributed by atoms with E-state index in [4.69, 9.17) is 5.73 Å². The minimum absolute atomic E-state index is 0.0178. The summed E-state index contributed by atoms with van der Waals surface area (Å²) >= 11 is 2.99. The third-order valence-electron chi connectivity index (χ3n) is 1.83. The molecule has 2 N–H and O–H groups in total.